The zero-order valence-electron chi connectivity index (χ0n) is 42.2. The smallest absolute Gasteiger partial charge is 0.260 e. The number of rotatable bonds is 7. The zero-order valence-corrected chi connectivity index (χ0v) is 42.2. The maximum atomic E-state index is 7.13. The Morgan fingerprint density at radius 3 is 1.19 bits per heavy atom. The summed E-state index contributed by atoms with van der Waals surface area (Å²) in [5, 5.41) is 0. The Kier molecular flexibility index (Phi) is 10.1. The molecule has 0 saturated carbocycles. The summed E-state index contributed by atoms with van der Waals surface area (Å²) in [7, 11) is 0. The molecular formula is C72H44B2O4. The van der Waals surface area contributed by atoms with Crippen molar-refractivity contribution in [1.29, 1.82) is 0 Å². The molecule has 4 nitrogen and oxygen atoms in total. The molecule has 4 aliphatic heterocycles. The highest BCUT2D eigenvalue weighted by Crippen LogP contribution is 2.46. The van der Waals surface area contributed by atoms with Crippen molar-refractivity contribution in [3.8, 4) is 124 Å². The van der Waals surface area contributed by atoms with Crippen molar-refractivity contribution in [2.45, 2.75) is 0 Å². The van der Waals surface area contributed by atoms with E-state index in [-0.39, 0.29) is 13.4 Å². The molecule has 12 aromatic rings. The minimum Gasteiger partial charge on any atom is -0.458 e. The lowest BCUT2D eigenvalue weighted by atomic mass is 9.34. The third-order valence-electron chi connectivity index (χ3n) is 16.2. The first-order valence-electron chi connectivity index (χ1n) is 26.7. The summed E-state index contributed by atoms with van der Waals surface area (Å²) in [4.78, 5) is 0. The van der Waals surface area contributed by atoms with Crippen LogP contribution in [0.3, 0.4) is 0 Å². The van der Waals surface area contributed by atoms with E-state index >= 15 is 0 Å². The van der Waals surface area contributed by atoms with Gasteiger partial charge < -0.3 is 18.9 Å². The molecule has 0 N–H and O–H groups in total. The molecule has 0 bridgehead atoms. The number of para-hydroxylation sites is 1. The molecule has 4 heterocycles. The fourth-order valence-electron chi connectivity index (χ4n) is 12.4. The van der Waals surface area contributed by atoms with Crippen molar-refractivity contribution in [2.75, 3.05) is 0 Å². The van der Waals surface area contributed by atoms with Crippen LogP contribution in [0.25, 0.3) is 77.9 Å². The predicted molar refractivity (Wildman–Crippen MR) is 320 cm³/mol. The fourth-order valence-corrected chi connectivity index (χ4v) is 12.4. The molecule has 0 fully saturated rings. The second kappa shape index (κ2) is 17.8. The van der Waals surface area contributed by atoms with Gasteiger partial charge in [0.15, 0.2) is 0 Å². The van der Waals surface area contributed by atoms with Gasteiger partial charge in [-0.15, -0.1) is 0 Å². The van der Waals surface area contributed by atoms with Crippen molar-refractivity contribution in [3.05, 3.63) is 267 Å². The Labute approximate surface area is 453 Å². The van der Waals surface area contributed by atoms with E-state index in [0.717, 1.165) is 151 Å². The minimum absolute atomic E-state index is 0.0988. The number of benzene rings is 12. The molecule has 0 amide bonds. The van der Waals surface area contributed by atoms with Crippen LogP contribution >= 0.6 is 0 Å². The molecule has 0 aromatic heterocycles. The largest absolute Gasteiger partial charge is 0.458 e. The third-order valence-corrected chi connectivity index (χ3v) is 16.2. The van der Waals surface area contributed by atoms with Crippen LogP contribution < -0.4 is 51.7 Å². The van der Waals surface area contributed by atoms with Crippen LogP contribution in [0.1, 0.15) is 0 Å². The maximum Gasteiger partial charge on any atom is 0.260 e. The van der Waals surface area contributed by atoms with Gasteiger partial charge in [-0.1, -0.05) is 218 Å². The molecule has 0 radical (unpaired) electrons. The van der Waals surface area contributed by atoms with Gasteiger partial charge in [0.25, 0.3) is 13.4 Å². The lowest BCUT2D eigenvalue weighted by molar-refractivity contribution is 0.465. The highest BCUT2D eigenvalue weighted by Gasteiger charge is 2.44. The Bertz CT molecular complexity index is 4370. The summed E-state index contributed by atoms with van der Waals surface area (Å²) in [6.07, 6.45) is 0. The van der Waals surface area contributed by atoms with Gasteiger partial charge in [0.1, 0.15) is 46.0 Å². The predicted octanol–water partition coefficient (Wildman–Crippen LogP) is 14.8. The topological polar surface area (TPSA) is 36.9 Å². The number of ether oxygens (including phenoxy) is 4. The molecule has 0 saturated heterocycles. The summed E-state index contributed by atoms with van der Waals surface area (Å²) in [6.45, 7) is -0.211. The summed E-state index contributed by atoms with van der Waals surface area (Å²) < 4.78 is 27.9. The molecule has 6 heteroatoms. The second-order valence-electron chi connectivity index (χ2n) is 20.6. The van der Waals surface area contributed by atoms with Crippen LogP contribution in [-0.4, -0.2) is 13.4 Å². The van der Waals surface area contributed by atoms with Crippen molar-refractivity contribution in [1.82, 2.24) is 0 Å². The number of hydrogen-bond donors (Lipinski definition) is 0. The molecule has 0 unspecified atom stereocenters. The average Bonchev–Trinajstić information content (AvgIpc) is 3.70. The summed E-state index contributed by atoms with van der Waals surface area (Å²) in [5.41, 5.74) is 22.1. The van der Waals surface area contributed by atoms with Gasteiger partial charge in [-0.05, 0) is 132 Å². The van der Waals surface area contributed by atoms with E-state index in [1.165, 1.54) is 5.56 Å². The zero-order chi connectivity index (χ0) is 51.3. The Morgan fingerprint density at radius 2 is 0.590 bits per heavy atom. The highest BCUT2D eigenvalue weighted by molar-refractivity contribution is 6.99. The van der Waals surface area contributed by atoms with Gasteiger partial charge in [-0.2, -0.15) is 0 Å². The summed E-state index contributed by atoms with van der Waals surface area (Å²) in [5.74, 6) is 6.75. The maximum absolute atomic E-state index is 7.13. The van der Waals surface area contributed by atoms with Gasteiger partial charge >= 0.3 is 0 Å². The standard InChI is InChI=1S/C72H44B2O4/c1-5-15-45(16-6-1)52-33-38-64-62(42-52)73-59-36-31-54(46-17-7-2-8-18-46)44-67(59)76-66-40-35-58(71(77-64)68(66)73)55-24-13-23-51(41-55)47-27-29-48(30-28-47)53-32-37-63-61(43-53)74-60-26-14-25-56(49-19-9-3-10-20-49)70(60)78-72-57(50-21-11-4-12-22-50)34-39-65(75-63)69(72)74/h1-44H. The molecular weight excluding hydrogens is 950 g/mol. The molecule has 0 atom stereocenters. The van der Waals surface area contributed by atoms with Crippen LogP contribution in [0.15, 0.2) is 267 Å². The molecule has 0 spiro atoms. The SMILES string of the molecule is c1ccc(-c2ccc3c(c2)Oc2ccc(-c4cccc(-c5ccc(-c6ccc7c(c6)B6c8cccc(-c9ccccc9)c8Oc8c(-c9ccccc9)ccc(c86)O7)cc5)c4)c4c2B3c2cc(-c3ccccc3)ccc2O4)cc1. The van der Waals surface area contributed by atoms with E-state index in [4.69, 9.17) is 18.9 Å². The Morgan fingerprint density at radius 1 is 0.192 bits per heavy atom. The summed E-state index contributed by atoms with van der Waals surface area (Å²) >= 11 is 0. The van der Waals surface area contributed by atoms with E-state index in [1.54, 1.807) is 0 Å². The first kappa shape index (κ1) is 44.3. The molecule has 12 aromatic carbocycles. The molecule has 16 rings (SSSR count). The van der Waals surface area contributed by atoms with Gasteiger partial charge in [0, 0.05) is 27.6 Å². The van der Waals surface area contributed by atoms with E-state index in [0.29, 0.717) is 0 Å². The van der Waals surface area contributed by atoms with Gasteiger partial charge in [0.2, 0.25) is 0 Å². The quantitative estimate of drug-likeness (QED) is 0.149. The molecule has 362 valence electrons. The lowest BCUT2D eigenvalue weighted by Gasteiger charge is -2.35. The van der Waals surface area contributed by atoms with Crippen molar-refractivity contribution in [3.63, 3.8) is 0 Å². The minimum atomic E-state index is -0.112. The second-order valence-corrected chi connectivity index (χ2v) is 20.6. The normalized spacial score (nSPS) is 12.7. The van der Waals surface area contributed by atoms with E-state index in [1.807, 2.05) is 0 Å². The van der Waals surface area contributed by atoms with Crippen LogP contribution in [0.5, 0.6) is 46.0 Å². The van der Waals surface area contributed by atoms with Gasteiger partial charge in [0.05, 0.1) is 0 Å². The average molecular weight is 995 g/mol. The van der Waals surface area contributed by atoms with Crippen molar-refractivity contribution >= 4 is 46.2 Å². The van der Waals surface area contributed by atoms with Crippen molar-refractivity contribution < 1.29 is 18.9 Å². The Hall–Kier alpha value is -10.0. The highest BCUT2D eigenvalue weighted by atomic mass is 16.5. The molecule has 0 aliphatic carbocycles. The first-order chi connectivity index (χ1) is 38.6. The van der Waals surface area contributed by atoms with E-state index in [2.05, 4.69) is 267 Å². The van der Waals surface area contributed by atoms with Crippen LogP contribution in [0, 0.1) is 0 Å². The van der Waals surface area contributed by atoms with Crippen LogP contribution in [-0.2, 0) is 0 Å². The lowest BCUT2D eigenvalue weighted by Crippen LogP contribution is -2.57. The third kappa shape index (κ3) is 7.18. The Balaban J connectivity index is 0.758. The molecule has 78 heavy (non-hydrogen) atoms. The van der Waals surface area contributed by atoms with E-state index < -0.39 is 0 Å². The number of hydrogen-bond acceptors (Lipinski definition) is 4. The van der Waals surface area contributed by atoms with Gasteiger partial charge in [-0.25, -0.2) is 0 Å². The van der Waals surface area contributed by atoms with Crippen molar-refractivity contribution in [2.24, 2.45) is 0 Å². The molecule has 4 aliphatic rings. The van der Waals surface area contributed by atoms with E-state index in [9.17, 15) is 0 Å². The monoisotopic (exact) mass is 994 g/mol. The number of fused-ring (bicyclic) bond motifs is 8. The van der Waals surface area contributed by atoms with Crippen LogP contribution in [0.4, 0.5) is 0 Å². The first-order valence-corrected chi connectivity index (χ1v) is 26.7. The summed E-state index contributed by atoms with van der Waals surface area (Å²) in [6, 6.07) is 94.9. The van der Waals surface area contributed by atoms with Crippen LogP contribution in [0.2, 0.25) is 0 Å². The fraction of sp³-hybridized carbons (Fsp3) is 0. The van der Waals surface area contributed by atoms with Gasteiger partial charge in [-0.3, -0.25) is 0 Å².